The van der Waals surface area contributed by atoms with Crippen LogP contribution in [0.2, 0.25) is 0 Å². The molecular formula is C11H15FN4O3S. The second kappa shape index (κ2) is 5.33. The Morgan fingerprint density at radius 3 is 2.90 bits per heavy atom. The van der Waals surface area contributed by atoms with Gasteiger partial charge in [-0.2, -0.15) is 0 Å². The second-order valence-corrected chi connectivity index (χ2v) is 6.86. The lowest BCUT2D eigenvalue weighted by atomic mass is 10.2. The predicted molar refractivity (Wildman–Crippen MR) is 71.2 cm³/mol. The number of nitrogens with one attached hydrogen (secondary N) is 1. The van der Waals surface area contributed by atoms with Crippen molar-refractivity contribution >= 4 is 21.6 Å². The molecule has 2 heterocycles. The molecule has 20 heavy (non-hydrogen) atoms. The van der Waals surface area contributed by atoms with Gasteiger partial charge in [0.2, 0.25) is 0 Å². The summed E-state index contributed by atoms with van der Waals surface area (Å²) in [7, 11) is -3.14. The van der Waals surface area contributed by atoms with Crippen LogP contribution < -0.4 is 11.3 Å². The monoisotopic (exact) mass is 302 g/mol. The zero-order valence-corrected chi connectivity index (χ0v) is 11.7. The summed E-state index contributed by atoms with van der Waals surface area (Å²) in [6.45, 7) is 1.67. The number of sulfone groups is 1. The van der Waals surface area contributed by atoms with Crippen molar-refractivity contribution < 1.29 is 17.6 Å². The van der Waals surface area contributed by atoms with Crippen molar-refractivity contribution in [2.45, 2.75) is 13.0 Å². The van der Waals surface area contributed by atoms with Crippen molar-refractivity contribution in [2.24, 2.45) is 5.84 Å². The fraction of sp³-hybridized carbons (Fsp3) is 0.455. The van der Waals surface area contributed by atoms with Crippen molar-refractivity contribution in [3.63, 3.8) is 0 Å². The van der Waals surface area contributed by atoms with Crippen molar-refractivity contribution in [3.8, 4) is 0 Å². The first kappa shape index (κ1) is 14.7. The van der Waals surface area contributed by atoms with E-state index >= 15 is 0 Å². The van der Waals surface area contributed by atoms with Crippen molar-refractivity contribution in [1.82, 2.24) is 9.88 Å². The van der Waals surface area contributed by atoms with E-state index in [9.17, 15) is 17.6 Å². The normalized spacial score (nSPS) is 21.6. The van der Waals surface area contributed by atoms with Gasteiger partial charge in [-0.15, -0.1) is 0 Å². The Labute approximate surface area is 115 Å². The quantitative estimate of drug-likeness (QED) is 0.577. The van der Waals surface area contributed by atoms with Gasteiger partial charge in [0, 0.05) is 18.8 Å². The zero-order valence-electron chi connectivity index (χ0n) is 10.8. The SMILES string of the molecule is CC1CS(=O)(=O)CCN1C(=O)c1ccnc(NN)c1F. The lowest BCUT2D eigenvalue weighted by molar-refractivity contribution is 0.0708. The van der Waals surface area contributed by atoms with Gasteiger partial charge in [0.05, 0.1) is 17.1 Å². The largest absolute Gasteiger partial charge is 0.334 e. The van der Waals surface area contributed by atoms with Gasteiger partial charge in [0.25, 0.3) is 5.91 Å². The zero-order chi connectivity index (χ0) is 14.9. The Morgan fingerprint density at radius 1 is 1.60 bits per heavy atom. The maximum absolute atomic E-state index is 14.0. The molecule has 1 fully saturated rings. The number of anilines is 1. The van der Waals surface area contributed by atoms with E-state index in [0.29, 0.717) is 0 Å². The fourth-order valence-corrected chi connectivity index (χ4v) is 3.72. The van der Waals surface area contributed by atoms with E-state index in [2.05, 4.69) is 10.4 Å². The molecule has 0 bridgehead atoms. The number of amides is 1. The van der Waals surface area contributed by atoms with Crippen LogP contribution in [0, 0.1) is 5.82 Å². The van der Waals surface area contributed by atoms with Gasteiger partial charge in [-0.05, 0) is 13.0 Å². The van der Waals surface area contributed by atoms with Gasteiger partial charge >= 0.3 is 0 Å². The smallest absolute Gasteiger partial charge is 0.257 e. The number of aromatic nitrogens is 1. The van der Waals surface area contributed by atoms with Crippen LogP contribution in [0.5, 0.6) is 0 Å². The van der Waals surface area contributed by atoms with Crippen LogP contribution in [0.4, 0.5) is 10.2 Å². The number of nitrogens with zero attached hydrogens (tertiary/aromatic N) is 2. The van der Waals surface area contributed by atoms with Crippen molar-refractivity contribution in [2.75, 3.05) is 23.5 Å². The second-order valence-electron chi connectivity index (χ2n) is 4.63. The first-order valence-electron chi connectivity index (χ1n) is 5.98. The molecule has 0 aliphatic carbocycles. The summed E-state index contributed by atoms with van der Waals surface area (Å²) in [5.74, 6) is 3.23. The van der Waals surface area contributed by atoms with Crippen LogP contribution in [0.3, 0.4) is 0 Å². The molecule has 0 aromatic carbocycles. The molecule has 1 atom stereocenters. The average Bonchev–Trinajstić information content (AvgIpc) is 2.37. The summed E-state index contributed by atoms with van der Waals surface area (Å²) >= 11 is 0. The highest BCUT2D eigenvalue weighted by atomic mass is 32.2. The number of nitrogens with two attached hydrogens (primary N) is 1. The molecule has 1 unspecified atom stereocenters. The minimum atomic E-state index is -3.14. The van der Waals surface area contributed by atoms with Crippen LogP contribution >= 0.6 is 0 Å². The number of hydrazine groups is 1. The van der Waals surface area contributed by atoms with Crippen LogP contribution in [0.25, 0.3) is 0 Å². The van der Waals surface area contributed by atoms with E-state index in [1.165, 1.54) is 17.2 Å². The third-order valence-electron chi connectivity index (χ3n) is 3.19. The maximum atomic E-state index is 14.0. The minimum Gasteiger partial charge on any atom is -0.334 e. The fourth-order valence-electron chi connectivity index (χ4n) is 2.16. The van der Waals surface area contributed by atoms with E-state index < -0.39 is 27.6 Å². The summed E-state index contributed by atoms with van der Waals surface area (Å²) in [5.41, 5.74) is 1.88. The predicted octanol–water partition coefficient (Wildman–Crippen LogP) is -0.235. The Bertz CT molecular complexity index is 635. The third kappa shape index (κ3) is 2.73. The summed E-state index contributed by atoms with van der Waals surface area (Å²) in [5, 5.41) is 0. The Morgan fingerprint density at radius 2 is 2.30 bits per heavy atom. The molecular weight excluding hydrogens is 287 g/mol. The van der Waals surface area contributed by atoms with Gasteiger partial charge < -0.3 is 10.3 Å². The maximum Gasteiger partial charge on any atom is 0.257 e. The lowest BCUT2D eigenvalue weighted by Crippen LogP contribution is -2.50. The highest BCUT2D eigenvalue weighted by Crippen LogP contribution is 2.19. The molecule has 1 amide bonds. The third-order valence-corrected chi connectivity index (χ3v) is 4.98. The minimum absolute atomic E-state index is 0.0511. The number of halogens is 1. The average molecular weight is 302 g/mol. The highest BCUT2D eigenvalue weighted by Gasteiger charge is 2.33. The Balaban J connectivity index is 2.29. The van der Waals surface area contributed by atoms with E-state index in [1.807, 2.05) is 0 Å². The first-order chi connectivity index (χ1) is 9.35. The topological polar surface area (TPSA) is 105 Å². The number of hydrogen-bond acceptors (Lipinski definition) is 6. The number of carbonyl (C=O) groups is 1. The molecule has 1 aromatic rings. The Hall–Kier alpha value is -1.74. The molecule has 110 valence electrons. The summed E-state index contributed by atoms with van der Waals surface area (Å²) in [6, 6.07) is 0.747. The molecule has 0 spiro atoms. The first-order valence-corrected chi connectivity index (χ1v) is 7.80. The molecule has 9 heteroatoms. The lowest BCUT2D eigenvalue weighted by Gasteiger charge is -2.33. The highest BCUT2D eigenvalue weighted by molar-refractivity contribution is 7.91. The molecule has 1 aliphatic heterocycles. The van der Waals surface area contributed by atoms with E-state index in [0.717, 1.165) is 0 Å². The molecule has 2 rings (SSSR count). The number of hydrogen-bond donors (Lipinski definition) is 2. The Kier molecular flexibility index (Phi) is 3.91. The molecule has 1 saturated heterocycles. The molecule has 0 saturated carbocycles. The van der Waals surface area contributed by atoms with Crippen molar-refractivity contribution in [1.29, 1.82) is 0 Å². The van der Waals surface area contributed by atoms with Gasteiger partial charge in [-0.25, -0.2) is 23.6 Å². The van der Waals surface area contributed by atoms with Gasteiger partial charge in [0.15, 0.2) is 21.5 Å². The summed E-state index contributed by atoms with van der Waals surface area (Å²) in [6.07, 6.45) is 1.26. The van der Waals surface area contributed by atoms with Gasteiger partial charge in [0.1, 0.15) is 0 Å². The molecule has 0 radical (unpaired) electrons. The molecule has 1 aromatic heterocycles. The number of nitrogen functional groups attached to an aromatic ring is 1. The van der Waals surface area contributed by atoms with E-state index in [1.54, 1.807) is 6.92 Å². The number of pyridine rings is 1. The van der Waals surface area contributed by atoms with Crippen LogP contribution in [0.15, 0.2) is 12.3 Å². The summed E-state index contributed by atoms with van der Waals surface area (Å²) in [4.78, 5) is 17.3. The molecule has 7 nitrogen and oxygen atoms in total. The van der Waals surface area contributed by atoms with Gasteiger partial charge in [-0.1, -0.05) is 0 Å². The molecule has 3 N–H and O–H groups in total. The number of rotatable bonds is 2. The van der Waals surface area contributed by atoms with Crippen LogP contribution in [-0.4, -0.2) is 48.3 Å². The number of carbonyl (C=O) groups excluding carboxylic acids is 1. The van der Waals surface area contributed by atoms with E-state index in [-0.39, 0.29) is 29.4 Å². The van der Waals surface area contributed by atoms with E-state index in [4.69, 9.17) is 5.84 Å². The molecule has 1 aliphatic rings. The van der Waals surface area contributed by atoms with Crippen molar-refractivity contribution in [3.05, 3.63) is 23.6 Å². The van der Waals surface area contributed by atoms with Gasteiger partial charge in [-0.3, -0.25) is 4.79 Å². The van der Waals surface area contributed by atoms with Crippen LogP contribution in [0.1, 0.15) is 17.3 Å². The van der Waals surface area contributed by atoms with Crippen LogP contribution in [-0.2, 0) is 9.84 Å². The standard InChI is InChI=1S/C11H15FN4O3S/c1-7-6-20(18,19)5-4-16(7)11(17)8-2-3-14-10(15-13)9(8)12/h2-3,7H,4-6,13H2,1H3,(H,14,15). The summed E-state index contributed by atoms with van der Waals surface area (Å²) < 4.78 is 37.0.